The van der Waals surface area contributed by atoms with Crippen LogP contribution in [-0.4, -0.2) is 4.92 Å². The minimum absolute atomic E-state index is 0.111. The Morgan fingerprint density at radius 1 is 0.619 bits per heavy atom. The van der Waals surface area contributed by atoms with E-state index in [2.05, 4.69) is 12.1 Å². The molecule has 0 aromatic heterocycles. The topological polar surface area (TPSA) is 43.1 Å². The Bertz CT molecular complexity index is 765. The van der Waals surface area contributed by atoms with Crippen LogP contribution in [0.4, 0.5) is 5.69 Å². The molecule has 0 aliphatic rings. The van der Waals surface area contributed by atoms with E-state index < -0.39 is 0 Å². The number of rotatable bonds is 3. The van der Waals surface area contributed by atoms with Crippen LogP contribution < -0.4 is 0 Å². The van der Waals surface area contributed by atoms with Crippen LogP contribution in [0.5, 0.6) is 0 Å². The molecule has 3 aromatic rings. The summed E-state index contributed by atoms with van der Waals surface area (Å²) in [4.78, 5) is 10.5. The monoisotopic (exact) mass is 275 g/mol. The molecule has 0 atom stereocenters. The lowest BCUT2D eigenvalue weighted by atomic mass is 10.0. The SMILES string of the molecule is O=[N+]([O-])c1cccc(-c2ccc(-c3ccccc3)cc2)c1. The molecule has 3 aromatic carbocycles. The molecule has 0 spiro atoms. The number of benzene rings is 3. The first-order valence-corrected chi connectivity index (χ1v) is 6.64. The molecule has 0 aliphatic heterocycles. The third-order valence-corrected chi connectivity index (χ3v) is 3.38. The number of nitrogens with zero attached hydrogens (tertiary/aromatic N) is 1. The van der Waals surface area contributed by atoms with Crippen LogP contribution in [0.2, 0.25) is 0 Å². The normalized spacial score (nSPS) is 10.3. The van der Waals surface area contributed by atoms with Crippen molar-refractivity contribution in [3.63, 3.8) is 0 Å². The zero-order valence-electron chi connectivity index (χ0n) is 11.3. The van der Waals surface area contributed by atoms with Crippen LogP contribution in [0.1, 0.15) is 0 Å². The molecule has 21 heavy (non-hydrogen) atoms. The van der Waals surface area contributed by atoms with Crippen molar-refractivity contribution in [1.29, 1.82) is 0 Å². The van der Waals surface area contributed by atoms with Crippen LogP contribution in [0.15, 0.2) is 78.9 Å². The summed E-state index contributed by atoms with van der Waals surface area (Å²) in [6, 6.07) is 24.8. The molecule has 0 bridgehead atoms. The molecule has 3 heteroatoms. The summed E-state index contributed by atoms with van der Waals surface area (Å²) in [6.07, 6.45) is 0. The van der Waals surface area contributed by atoms with Crippen molar-refractivity contribution in [3.8, 4) is 22.3 Å². The predicted octanol–water partition coefficient (Wildman–Crippen LogP) is 4.93. The lowest BCUT2D eigenvalue weighted by Gasteiger charge is -2.05. The number of hydrogen-bond donors (Lipinski definition) is 0. The Labute approximate surface area is 122 Å². The second-order valence-corrected chi connectivity index (χ2v) is 4.75. The summed E-state index contributed by atoms with van der Waals surface area (Å²) < 4.78 is 0. The van der Waals surface area contributed by atoms with Gasteiger partial charge in [-0.05, 0) is 22.3 Å². The lowest BCUT2D eigenvalue weighted by molar-refractivity contribution is -0.384. The summed E-state index contributed by atoms with van der Waals surface area (Å²) in [6.45, 7) is 0. The van der Waals surface area contributed by atoms with E-state index in [1.165, 1.54) is 6.07 Å². The van der Waals surface area contributed by atoms with Crippen molar-refractivity contribution >= 4 is 5.69 Å². The van der Waals surface area contributed by atoms with E-state index in [1.807, 2.05) is 48.5 Å². The molecule has 0 unspecified atom stereocenters. The molecular formula is C18H13NO2. The highest BCUT2D eigenvalue weighted by atomic mass is 16.6. The van der Waals surface area contributed by atoms with Crippen molar-refractivity contribution in [2.75, 3.05) is 0 Å². The first-order valence-electron chi connectivity index (χ1n) is 6.64. The molecule has 0 heterocycles. The molecule has 3 rings (SSSR count). The molecule has 0 saturated heterocycles. The van der Waals surface area contributed by atoms with Crippen molar-refractivity contribution in [2.24, 2.45) is 0 Å². The molecule has 0 saturated carbocycles. The van der Waals surface area contributed by atoms with Gasteiger partial charge in [0.25, 0.3) is 5.69 Å². The van der Waals surface area contributed by atoms with Gasteiger partial charge in [0.15, 0.2) is 0 Å². The Kier molecular flexibility index (Phi) is 3.48. The van der Waals surface area contributed by atoms with Gasteiger partial charge < -0.3 is 0 Å². The Morgan fingerprint density at radius 2 is 1.14 bits per heavy atom. The number of nitro benzene ring substituents is 1. The standard InChI is InChI=1S/C18H13NO2/c20-19(21)18-8-4-7-17(13-18)16-11-9-15(10-12-16)14-5-2-1-3-6-14/h1-13H. The number of hydrogen-bond acceptors (Lipinski definition) is 2. The van der Waals surface area contributed by atoms with Gasteiger partial charge in [-0.25, -0.2) is 0 Å². The highest BCUT2D eigenvalue weighted by Crippen LogP contribution is 2.26. The summed E-state index contributed by atoms with van der Waals surface area (Å²) in [5.74, 6) is 0. The maximum atomic E-state index is 10.8. The van der Waals surface area contributed by atoms with Gasteiger partial charge in [-0.1, -0.05) is 66.7 Å². The minimum atomic E-state index is -0.373. The van der Waals surface area contributed by atoms with Crippen LogP contribution in [0, 0.1) is 10.1 Å². The van der Waals surface area contributed by atoms with Gasteiger partial charge >= 0.3 is 0 Å². The fraction of sp³-hybridized carbons (Fsp3) is 0. The highest BCUT2D eigenvalue weighted by Gasteiger charge is 2.07. The molecule has 0 radical (unpaired) electrons. The maximum absolute atomic E-state index is 10.8. The van der Waals surface area contributed by atoms with Crippen molar-refractivity contribution in [1.82, 2.24) is 0 Å². The second kappa shape index (κ2) is 5.59. The summed E-state index contributed by atoms with van der Waals surface area (Å²) in [5.41, 5.74) is 4.22. The summed E-state index contributed by atoms with van der Waals surface area (Å²) in [7, 11) is 0. The van der Waals surface area contributed by atoms with Gasteiger partial charge in [-0.2, -0.15) is 0 Å². The Hall–Kier alpha value is -2.94. The van der Waals surface area contributed by atoms with E-state index >= 15 is 0 Å². The third-order valence-electron chi connectivity index (χ3n) is 3.38. The molecule has 3 nitrogen and oxygen atoms in total. The van der Waals surface area contributed by atoms with E-state index in [9.17, 15) is 10.1 Å². The van der Waals surface area contributed by atoms with Gasteiger partial charge in [0, 0.05) is 12.1 Å². The van der Waals surface area contributed by atoms with Gasteiger partial charge in [-0.15, -0.1) is 0 Å². The average molecular weight is 275 g/mol. The fourth-order valence-corrected chi connectivity index (χ4v) is 2.28. The molecule has 0 amide bonds. The molecule has 0 N–H and O–H groups in total. The van der Waals surface area contributed by atoms with Crippen LogP contribution in [-0.2, 0) is 0 Å². The van der Waals surface area contributed by atoms with Crippen molar-refractivity contribution < 1.29 is 4.92 Å². The quantitative estimate of drug-likeness (QED) is 0.502. The van der Waals surface area contributed by atoms with Crippen LogP contribution in [0.25, 0.3) is 22.3 Å². The second-order valence-electron chi connectivity index (χ2n) is 4.75. The molecule has 102 valence electrons. The van der Waals surface area contributed by atoms with E-state index in [0.717, 1.165) is 22.3 Å². The lowest BCUT2D eigenvalue weighted by Crippen LogP contribution is -1.88. The first-order chi connectivity index (χ1) is 10.2. The first kappa shape index (κ1) is 13.1. The molecular weight excluding hydrogens is 262 g/mol. The Morgan fingerprint density at radius 3 is 1.76 bits per heavy atom. The van der Waals surface area contributed by atoms with E-state index in [4.69, 9.17) is 0 Å². The summed E-state index contributed by atoms with van der Waals surface area (Å²) in [5, 5.41) is 10.8. The van der Waals surface area contributed by atoms with E-state index in [-0.39, 0.29) is 10.6 Å². The zero-order chi connectivity index (χ0) is 14.7. The largest absolute Gasteiger partial charge is 0.270 e. The Balaban J connectivity index is 1.94. The van der Waals surface area contributed by atoms with Gasteiger partial charge in [-0.3, -0.25) is 10.1 Å². The summed E-state index contributed by atoms with van der Waals surface area (Å²) >= 11 is 0. The predicted molar refractivity (Wildman–Crippen MR) is 84.0 cm³/mol. The van der Waals surface area contributed by atoms with Gasteiger partial charge in [0.1, 0.15) is 0 Å². The van der Waals surface area contributed by atoms with E-state index in [1.54, 1.807) is 12.1 Å². The van der Waals surface area contributed by atoms with Crippen LogP contribution >= 0.6 is 0 Å². The number of non-ortho nitro benzene ring substituents is 1. The number of nitro groups is 1. The maximum Gasteiger partial charge on any atom is 0.270 e. The average Bonchev–Trinajstić information content (AvgIpc) is 2.56. The van der Waals surface area contributed by atoms with E-state index in [0.29, 0.717) is 0 Å². The van der Waals surface area contributed by atoms with Gasteiger partial charge in [0.05, 0.1) is 4.92 Å². The minimum Gasteiger partial charge on any atom is -0.258 e. The highest BCUT2D eigenvalue weighted by molar-refractivity contribution is 5.71. The smallest absolute Gasteiger partial charge is 0.258 e. The molecule has 0 aliphatic carbocycles. The van der Waals surface area contributed by atoms with Crippen molar-refractivity contribution in [3.05, 3.63) is 89.0 Å². The fourth-order valence-electron chi connectivity index (χ4n) is 2.28. The van der Waals surface area contributed by atoms with Gasteiger partial charge in [0.2, 0.25) is 0 Å². The van der Waals surface area contributed by atoms with Crippen LogP contribution in [0.3, 0.4) is 0 Å². The zero-order valence-corrected chi connectivity index (χ0v) is 11.3. The van der Waals surface area contributed by atoms with Crippen molar-refractivity contribution in [2.45, 2.75) is 0 Å². The third kappa shape index (κ3) is 2.82. The molecule has 0 fully saturated rings.